The lowest BCUT2D eigenvalue weighted by atomic mass is 10.0. The molecule has 5 heteroatoms. The Morgan fingerprint density at radius 1 is 1.14 bits per heavy atom. The first kappa shape index (κ1) is 12.0. The Labute approximate surface area is 96.8 Å². The average Bonchev–Trinajstić information content (AvgIpc) is 2.07. The minimum absolute atomic E-state index is 0.113. The molecule has 14 heavy (non-hydrogen) atoms. The van der Waals surface area contributed by atoms with E-state index in [4.69, 9.17) is 0 Å². The van der Waals surface area contributed by atoms with E-state index < -0.39 is 12.1 Å². The summed E-state index contributed by atoms with van der Waals surface area (Å²) >= 11 is 6.05. The molecule has 1 aromatic rings. The molecule has 0 aliphatic heterocycles. The monoisotopic (exact) mass is 330 g/mol. The molecule has 0 N–H and O–H groups in total. The Kier molecular flexibility index (Phi) is 4.01. The van der Waals surface area contributed by atoms with Crippen LogP contribution in [0.15, 0.2) is 28.7 Å². The molecule has 0 heterocycles. The van der Waals surface area contributed by atoms with Gasteiger partial charge in [-0.3, -0.25) is 0 Å². The van der Waals surface area contributed by atoms with E-state index in [-0.39, 0.29) is 10.9 Å². The van der Waals surface area contributed by atoms with Crippen LogP contribution in [0.2, 0.25) is 0 Å². The van der Waals surface area contributed by atoms with Gasteiger partial charge in [-0.2, -0.15) is 13.2 Å². The molecule has 0 amide bonds. The highest BCUT2D eigenvalue weighted by Gasteiger charge is 2.39. The lowest BCUT2D eigenvalue weighted by Crippen LogP contribution is -2.21. The third-order valence-corrected chi connectivity index (χ3v) is 3.00. The van der Waals surface area contributed by atoms with Crippen LogP contribution in [0.1, 0.15) is 11.5 Å². The van der Waals surface area contributed by atoms with E-state index in [1.54, 1.807) is 12.1 Å². The van der Waals surface area contributed by atoms with E-state index in [1.807, 2.05) is 0 Å². The van der Waals surface area contributed by atoms with Crippen LogP contribution in [0.3, 0.4) is 0 Å². The van der Waals surface area contributed by atoms with Crippen molar-refractivity contribution < 1.29 is 13.2 Å². The molecule has 1 rings (SSSR count). The first-order chi connectivity index (χ1) is 6.45. The Morgan fingerprint density at radius 3 is 2.00 bits per heavy atom. The second-order valence-electron chi connectivity index (χ2n) is 2.80. The maximum Gasteiger partial charge on any atom is 0.396 e. The number of rotatable bonds is 2. The zero-order chi connectivity index (χ0) is 10.8. The molecule has 0 spiro atoms. The molecular formula is C9H7Br2F3. The fourth-order valence-corrected chi connectivity index (χ4v) is 2.07. The van der Waals surface area contributed by atoms with Crippen molar-refractivity contribution in [1.29, 1.82) is 0 Å². The summed E-state index contributed by atoms with van der Waals surface area (Å²) in [6.45, 7) is 0. The van der Waals surface area contributed by atoms with Crippen molar-refractivity contribution in [1.82, 2.24) is 0 Å². The Bertz CT molecular complexity index is 292. The maximum atomic E-state index is 12.5. The molecule has 0 fully saturated rings. The highest BCUT2D eigenvalue weighted by Crippen LogP contribution is 2.36. The minimum atomic E-state index is -4.20. The van der Waals surface area contributed by atoms with Crippen LogP contribution in [-0.4, -0.2) is 11.5 Å². The van der Waals surface area contributed by atoms with Gasteiger partial charge >= 0.3 is 6.18 Å². The fraction of sp³-hybridized carbons (Fsp3) is 0.333. The van der Waals surface area contributed by atoms with Crippen molar-refractivity contribution in [2.24, 2.45) is 0 Å². The van der Waals surface area contributed by atoms with E-state index in [2.05, 4.69) is 31.9 Å². The molecule has 1 atom stereocenters. The van der Waals surface area contributed by atoms with Crippen molar-refractivity contribution >= 4 is 31.9 Å². The van der Waals surface area contributed by atoms with E-state index >= 15 is 0 Å². The average molecular weight is 332 g/mol. The lowest BCUT2D eigenvalue weighted by Gasteiger charge is -2.18. The third kappa shape index (κ3) is 2.98. The summed E-state index contributed by atoms with van der Waals surface area (Å²) in [6, 6.07) is 6.17. The molecule has 0 saturated heterocycles. The van der Waals surface area contributed by atoms with Crippen molar-refractivity contribution in [3.8, 4) is 0 Å². The molecule has 0 radical (unpaired) electrons. The highest BCUT2D eigenvalue weighted by molar-refractivity contribution is 9.10. The minimum Gasteiger partial charge on any atom is -0.170 e. The van der Waals surface area contributed by atoms with Crippen molar-refractivity contribution in [3.05, 3.63) is 34.3 Å². The van der Waals surface area contributed by atoms with Crippen LogP contribution >= 0.6 is 31.9 Å². The van der Waals surface area contributed by atoms with Crippen LogP contribution < -0.4 is 0 Å². The summed E-state index contributed by atoms with van der Waals surface area (Å²) in [5, 5.41) is -0.113. The summed E-state index contributed by atoms with van der Waals surface area (Å²) in [4.78, 5) is 0. The van der Waals surface area contributed by atoms with E-state index in [0.29, 0.717) is 0 Å². The normalized spacial score (nSPS) is 14.1. The first-order valence-corrected chi connectivity index (χ1v) is 5.74. The summed E-state index contributed by atoms with van der Waals surface area (Å²) < 4.78 is 38.2. The largest absolute Gasteiger partial charge is 0.396 e. The molecule has 1 unspecified atom stereocenters. The van der Waals surface area contributed by atoms with Gasteiger partial charge in [0.05, 0.1) is 5.92 Å². The lowest BCUT2D eigenvalue weighted by molar-refractivity contribution is -0.144. The highest BCUT2D eigenvalue weighted by atomic mass is 79.9. The predicted octanol–water partition coefficient (Wildman–Crippen LogP) is 4.49. The van der Waals surface area contributed by atoms with Gasteiger partial charge in [0.15, 0.2) is 0 Å². The van der Waals surface area contributed by atoms with Crippen LogP contribution in [0.25, 0.3) is 0 Å². The zero-order valence-corrected chi connectivity index (χ0v) is 10.2. The molecule has 0 aliphatic carbocycles. The van der Waals surface area contributed by atoms with E-state index in [9.17, 15) is 13.2 Å². The quantitative estimate of drug-likeness (QED) is 0.700. The Balaban J connectivity index is 2.96. The van der Waals surface area contributed by atoms with Crippen LogP contribution in [0.5, 0.6) is 0 Å². The van der Waals surface area contributed by atoms with E-state index in [1.165, 1.54) is 12.1 Å². The topological polar surface area (TPSA) is 0 Å². The second kappa shape index (κ2) is 4.66. The van der Waals surface area contributed by atoms with Gasteiger partial charge in [0.2, 0.25) is 0 Å². The van der Waals surface area contributed by atoms with Gasteiger partial charge in [0.25, 0.3) is 0 Å². The molecule has 1 aromatic carbocycles. The van der Waals surface area contributed by atoms with Gasteiger partial charge < -0.3 is 0 Å². The van der Waals surface area contributed by atoms with Crippen molar-refractivity contribution in [2.45, 2.75) is 12.1 Å². The fourth-order valence-electron chi connectivity index (χ4n) is 1.06. The number of alkyl halides is 4. The molecule has 0 aliphatic rings. The molecule has 0 nitrogen and oxygen atoms in total. The Morgan fingerprint density at radius 2 is 1.64 bits per heavy atom. The number of halogens is 5. The van der Waals surface area contributed by atoms with Gasteiger partial charge in [-0.05, 0) is 17.7 Å². The third-order valence-electron chi connectivity index (χ3n) is 1.82. The predicted molar refractivity (Wildman–Crippen MR) is 56.7 cm³/mol. The van der Waals surface area contributed by atoms with Crippen LogP contribution in [0.4, 0.5) is 13.2 Å². The molecule has 0 saturated carbocycles. The number of hydrogen-bond donors (Lipinski definition) is 0. The zero-order valence-electron chi connectivity index (χ0n) is 6.98. The van der Waals surface area contributed by atoms with Gasteiger partial charge in [-0.1, -0.05) is 44.0 Å². The van der Waals surface area contributed by atoms with Gasteiger partial charge in [-0.15, -0.1) is 0 Å². The van der Waals surface area contributed by atoms with Crippen molar-refractivity contribution in [2.75, 3.05) is 5.33 Å². The van der Waals surface area contributed by atoms with Gasteiger partial charge in [-0.25, -0.2) is 0 Å². The molecule has 0 aromatic heterocycles. The number of benzene rings is 1. The second-order valence-corrected chi connectivity index (χ2v) is 4.36. The smallest absolute Gasteiger partial charge is 0.170 e. The summed E-state index contributed by atoms with van der Waals surface area (Å²) in [6.07, 6.45) is -4.20. The molecular weight excluding hydrogens is 325 g/mol. The number of hydrogen-bond acceptors (Lipinski definition) is 0. The van der Waals surface area contributed by atoms with Crippen LogP contribution in [-0.2, 0) is 0 Å². The van der Waals surface area contributed by atoms with Gasteiger partial charge in [0.1, 0.15) is 0 Å². The Hall–Kier alpha value is -0.0300. The van der Waals surface area contributed by atoms with Crippen LogP contribution in [0, 0.1) is 0 Å². The standard InChI is InChI=1S/C9H7Br2F3/c10-5-8(9(12,13)14)6-1-3-7(11)4-2-6/h1-4,8H,5H2. The summed E-state index contributed by atoms with van der Waals surface area (Å²) in [5.41, 5.74) is 0.276. The SMILES string of the molecule is FC(F)(F)C(CBr)c1ccc(Br)cc1. The van der Waals surface area contributed by atoms with Gasteiger partial charge in [0, 0.05) is 9.80 Å². The maximum absolute atomic E-state index is 12.5. The van der Waals surface area contributed by atoms with Crippen molar-refractivity contribution in [3.63, 3.8) is 0 Å². The van der Waals surface area contributed by atoms with E-state index in [0.717, 1.165) is 4.47 Å². The summed E-state index contributed by atoms with van der Waals surface area (Å²) in [5.74, 6) is -1.43. The molecule has 78 valence electrons. The molecule has 0 bridgehead atoms. The first-order valence-electron chi connectivity index (χ1n) is 3.83. The summed E-state index contributed by atoms with van der Waals surface area (Å²) in [7, 11) is 0.